The highest BCUT2D eigenvalue weighted by atomic mass is 32.2. The zero-order chi connectivity index (χ0) is 21.2. The normalized spacial score (nSPS) is 15.1. The molecular formula is C20H23N3O5S. The van der Waals surface area contributed by atoms with Crippen molar-refractivity contribution in [2.24, 2.45) is 0 Å². The van der Waals surface area contributed by atoms with Crippen LogP contribution >= 0.6 is 0 Å². The molecule has 0 unspecified atom stereocenters. The van der Waals surface area contributed by atoms with Crippen LogP contribution in [0.3, 0.4) is 0 Å². The summed E-state index contributed by atoms with van der Waals surface area (Å²) in [7, 11) is -3.67. The van der Waals surface area contributed by atoms with Gasteiger partial charge in [-0.3, -0.25) is 14.9 Å². The highest BCUT2D eigenvalue weighted by Crippen LogP contribution is 2.25. The van der Waals surface area contributed by atoms with Crippen molar-refractivity contribution in [1.29, 1.82) is 0 Å². The fraction of sp³-hybridized carbons (Fsp3) is 0.350. The Morgan fingerprint density at radius 3 is 2.34 bits per heavy atom. The number of nitro benzene ring substituents is 1. The lowest BCUT2D eigenvalue weighted by Crippen LogP contribution is -2.35. The van der Waals surface area contributed by atoms with E-state index in [0.717, 1.165) is 19.3 Å². The molecule has 1 fully saturated rings. The highest BCUT2D eigenvalue weighted by Gasteiger charge is 2.27. The number of benzene rings is 2. The fourth-order valence-electron chi connectivity index (χ4n) is 3.31. The van der Waals surface area contributed by atoms with E-state index in [2.05, 4.69) is 5.32 Å². The lowest BCUT2D eigenvalue weighted by Gasteiger charge is -2.26. The topological polar surface area (TPSA) is 110 Å². The molecule has 0 atom stereocenters. The minimum Gasteiger partial charge on any atom is -0.321 e. The van der Waals surface area contributed by atoms with Crippen LogP contribution < -0.4 is 5.32 Å². The SMILES string of the molecule is Cc1ccc([N+](=O)[O-])cc1NC(=O)c1cc(S(=O)(=O)N2CCCCC2)ccc1C. The molecule has 2 aromatic rings. The van der Waals surface area contributed by atoms with E-state index in [1.54, 1.807) is 26.0 Å². The zero-order valence-electron chi connectivity index (χ0n) is 16.3. The van der Waals surface area contributed by atoms with Crippen LogP contribution in [0.15, 0.2) is 41.3 Å². The number of rotatable bonds is 5. The van der Waals surface area contributed by atoms with Crippen LogP contribution in [0.4, 0.5) is 11.4 Å². The van der Waals surface area contributed by atoms with Crippen molar-refractivity contribution in [2.45, 2.75) is 38.0 Å². The molecule has 1 aliphatic heterocycles. The number of nitrogens with zero attached hydrogens (tertiary/aromatic N) is 2. The van der Waals surface area contributed by atoms with E-state index in [1.165, 1.54) is 28.6 Å². The molecule has 154 valence electrons. The van der Waals surface area contributed by atoms with E-state index in [1.807, 2.05) is 0 Å². The maximum absolute atomic E-state index is 12.9. The van der Waals surface area contributed by atoms with Crippen molar-refractivity contribution < 1.29 is 18.1 Å². The van der Waals surface area contributed by atoms with Gasteiger partial charge in [-0.2, -0.15) is 4.31 Å². The molecule has 3 rings (SSSR count). The van der Waals surface area contributed by atoms with Gasteiger partial charge in [0.05, 0.1) is 15.5 Å². The minimum absolute atomic E-state index is 0.0749. The summed E-state index contributed by atoms with van der Waals surface area (Å²) in [5.74, 6) is -0.512. The molecule has 2 aromatic carbocycles. The minimum atomic E-state index is -3.67. The number of non-ortho nitro benzene ring substituents is 1. The molecule has 29 heavy (non-hydrogen) atoms. The van der Waals surface area contributed by atoms with Gasteiger partial charge < -0.3 is 5.32 Å². The van der Waals surface area contributed by atoms with E-state index in [4.69, 9.17) is 0 Å². The highest BCUT2D eigenvalue weighted by molar-refractivity contribution is 7.89. The van der Waals surface area contributed by atoms with Crippen molar-refractivity contribution in [3.8, 4) is 0 Å². The molecule has 8 nitrogen and oxygen atoms in total. The summed E-state index contributed by atoms with van der Waals surface area (Å²) in [4.78, 5) is 23.4. The first kappa shape index (κ1) is 20.9. The average molecular weight is 417 g/mol. The lowest BCUT2D eigenvalue weighted by molar-refractivity contribution is -0.384. The molecule has 0 spiro atoms. The predicted molar refractivity (Wildman–Crippen MR) is 110 cm³/mol. The molecular weight excluding hydrogens is 394 g/mol. The van der Waals surface area contributed by atoms with Gasteiger partial charge in [0.1, 0.15) is 0 Å². The van der Waals surface area contributed by atoms with Crippen LogP contribution in [0.5, 0.6) is 0 Å². The van der Waals surface area contributed by atoms with Crippen molar-refractivity contribution in [3.63, 3.8) is 0 Å². The Morgan fingerprint density at radius 2 is 1.69 bits per heavy atom. The molecule has 0 aromatic heterocycles. The van der Waals surface area contributed by atoms with Gasteiger partial charge in [-0.25, -0.2) is 8.42 Å². The van der Waals surface area contributed by atoms with Gasteiger partial charge in [-0.1, -0.05) is 18.6 Å². The maximum Gasteiger partial charge on any atom is 0.271 e. The molecule has 1 saturated heterocycles. The second-order valence-electron chi connectivity index (χ2n) is 7.15. The lowest BCUT2D eigenvalue weighted by atomic mass is 10.1. The molecule has 1 N–H and O–H groups in total. The Kier molecular flexibility index (Phi) is 5.99. The third-order valence-electron chi connectivity index (χ3n) is 5.09. The van der Waals surface area contributed by atoms with Crippen molar-refractivity contribution in [1.82, 2.24) is 4.31 Å². The Labute approximate surface area is 169 Å². The molecule has 0 saturated carbocycles. The maximum atomic E-state index is 12.9. The van der Waals surface area contributed by atoms with Gasteiger partial charge >= 0.3 is 0 Å². The van der Waals surface area contributed by atoms with E-state index in [-0.39, 0.29) is 16.1 Å². The largest absolute Gasteiger partial charge is 0.321 e. The summed E-state index contributed by atoms with van der Waals surface area (Å²) in [6.07, 6.45) is 2.66. The number of nitro groups is 1. The van der Waals surface area contributed by atoms with Crippen molar-refractivity contribution in [2.75, 3.05) is 18.4 Å². The molecule has 1 amide bonds. The number of amides is 1. The number of piperidine rings is 1. The molecule has 9 heteroatoms. The Morgan fingerprint density at radius 1 is 1.03 bits per heavy atom. The number of nitrogens with one attached hydrogen (secondary N) is 1. The second-order valence-corrected chi connectivity index (χ2v) is 9.09. The van der Waals surface area contributed by atoms with E-state index >= 15 is 0 Å². The Bertz CT molecular complexity index is 1060. The number of anilines is 1. The fourth-order valence-corrected chi connectivity index (χ4v) is 4.85. The van der Waals surface area contributed by atoms with Crippen LogP contribution in [0.1, 0.15) is 40.7 Å². The number of aryl methyl sites for hydroxylation is 2. The molecule has 1 aliphatic rings. The van der Waals surface area contributed by atoms with Crippen LogP contribution in [0, 0.1) is 24.0 Å². The molecule has 1 heterocycles. The molecule has 0 aliphatic carbocycles. The molecule has 0 radical (unpaired) electrons. The van der Waals surface area contributed by atoms with Gasteiger partial charge in [-0.15, -0.1) is 0 Å². The number of hydrogen-bond acceptors (Lipinski definition) is 5. The predicted octanol–water partition coefficient (Wildman–Crippen LogP) is 3.64. The third kappa shape index (κ3) is 4.46. The summed E-state index contributed by atoms with van der Waals surface area (Å²) >= 11 is 0. The van der Waals surface area contributed by atoms with Crippen LogP contribution in [0.2, 0.25) is 0 Å². The number of carbonyl (C=O) groups is 1. The van der Waals surface area contributed by atoms with Gasteiger partial charge in [0.15, 0.2) is 0 Å². The standard InChI is InChI=1S/C20H23N3O5S/c1-14-7-9-17(29(27,28)22-10-4-3-5-11-22)13-18(14)20(24)21-19-12-16(23(25)26)8-6-15(19)2/h6-9,12-13H,3-5,10-11H2,1-2H3,(H,21,24). The summed E-state index contributed by atoms with van der Waals surface area (Å²) in [6.45, 7) is 4.39. The van der Waals surface area contributed by atoms with Gasteiger partial charge in [0.25, 0.3) is 11.6 Å². The van der Waals surface area contributed by atoms with Crippen molar-refractivity contribution >= 4 is 27.3 Å². The zero-order valence-corrected chi connectivity index (χ0v) is 17.2. The van der Waals surface area contributed by atoms with Gasteiger partial charge in [0, 0.05) is 30.8 Å². The number of carbonyl (C=O) groups excluding carboxylic acids is 1. The van der Waals surface area contributed by atoms with Gasteiger partial charge in [-0.05, 0) is 49.9 Å². The van der Waals surface area contributed by atoms with Crippen LogP contribution in [-0.4, -0.2) is 36.6 Å². The second kappa shape index (κ2) is 8.30. The van der Waals surface area contributed by atoms with E-state index in [9.17, 15) is 23.3 Å². The first-order valence-corrected chi connectivity index (χ1v) is 10.8. The monoisotopic (exact) mass is 417 g/mol. The summed E-state index contributed by atoms with van der Waals surface area (Å²) in [6, 6.07) is 8.69. The quantitative estimate of drug-likeness (QED) is 0.590. The molecule has 0 bridgehead atoms. The number of hydrogen-bond donors (Lipinski definition) is 1. The summed E-state index contributed by atoms with van der Waals surface area (Å²) < 4.78 is 27.3. The van der Waals surface area contributed by atoms with E-state index < -0.39 is 20.9 Å². The smallest absolute Gasteiger partial charge is 0.271 e. The van der Waals surface area contributed by atoms with Crippen LogP contribution in [0.25, 0.3) is 0 Å². The first-order chi connectivity index (χ1) is 13.7. The van der Waals surface area contributed by atoms with Crippen molar-refractivity contribution in [3.05, 3.63) is 63.2 Å². The van der Waals surface area contributed by atoms with Crippen LogP contribution in [-0.2, 0) is 10.0 Å². The Hall–Kier alpha value is -2.78. The average Bonchev–Trinajstić information content (AvgIpc) is 2.70. The van der Waals surface area contributed by atoms with E-state index in [0.29, 0.717) is 29.9 Å². The third-order valence-corrected chi connectivity index (χ3v) is 6.98. The summed E-state index contributed by atoms with van der Waals surface area (Å²) in [5.41, 5.74) is 1.67. The summed E-state index contributed by atoms with van der Waals surface area (Å²) in [5, 5.41) is 13.7. The number of sulfonamides is 1. The first-order valence-electron chi connectivity index (χ1n) is 9.37. The Balaban J connectivity index is 1.91. The van der Waals surface area contributed by atoms with Gasteiger partial charge in [0.2, 0.25) is 10.0 Å².